The lowest BCUT2D eigenvalue weighted by molar-refractivity contribution is 0.515. The molecule has 2 heterocycles. The van der Waals surface area contributed by atoms with Crippen LogP contribution in [0.3, 0.4) is 0 Å². The van der Waals surface area contributed by atoms with E-state index in [0.717, 1.165) is 24.3 Å². The number of nitrogens with two attached hydrogens (primary N) is 1. The zero-order valence-corrected chi connectivity index (χ0v) is 7.63. The minimum atomic E-state index is -0.166. The molecule has 72 valence electrons. The molecule has 0 bridgehead atoms. The van der Waals surface area contributed by atoms with Crippen LogP contribution < -0.4 is 16.6 Å². The summed E-state index contributed by atoms with van der Waals surface area (Å²) in [7, 11) is 0. The third-order valence-corrected chi connectivity index (χ3v) is 2.46. The first-order valence-electron chi connectivity index (χ1n) is 4.52. The molecule has 0 spiro atoms. The van der Waals surface area contributed by atoms with Crippen molar-refractivity contribution in [3.05, 3.63) is 21.6 Å². The number of fused-ring (bicyclic) bond motifs is 1. The molecule has 1 aromatic heterocycles. The van der Waals surface area contributed by atoms with Crippen LogP contribution in [-0.4, -0.2) is 16.3 Å². The fourth-order valence-electron chi connectivity index (χ4n) is 1.82. The minimum Gasteiger partial charge on any atom is -0.323 e. The number of hydrogen-bond donors (Lipinski definition) is 3. The Morgan fingerprint density at radius 3 is 3.15 bits per heavy atom. The first-order chi connectivity index (χ1) is 6.24. The van der Waals surface area contributed by atoms with Gasteiger partial charge in [-0.3, -0.25) is 14.6 Å². The van der Waals surface area contributed by atoms with E-state index in [1.54, 1.807) is 0 Å². The summed E-state index contributed by atoms with van der Waals surface area (Å²) in [6, 6.07) is -0.166. The van der Waals surface area contributed by atoms with Crippen molar-refractivity contribution < 1.29 is 0 Å². The summed E-state index contributed by atoms with van der Waals surface area (Å²) in [4.78, 5) is 11.5. The van der Waals surface area contributed by atoms with Gasteiger partial charge in [-0.25, -0.2) is 0 Å². The Morgan fingerprint density at radius 2 is 2.46 bits per heavy atom. The Labute approximate surface area is 75.9 Å². The molecule has 4 N–H and O–H groups in total. The molecule has 1 unspecified atom stereocenters. The van der Waals surface area contributed by atoms with Crippen LogP contribution in [0.4, 0.5) is 0 Å². The second-order valence-corrected chi connectivity index (χ2v) is 3.28. The fourth-order valence-corrected chi connectivity index (χ4v) is 1.82. The highest BCUT2D eigenvalue weighted by molar-refractivity contribution is 5.24. The molecule has 0 aromatic carbocycles. The second kappa shape index (κ2) is 3.01. The van der Waals surface area contributed by atoms with Crippen molar-refractivity contribution in [1.29, 1.82) is 0 Å². The Balaban J connectivity index is 2.57. The van der Waals surface area contributed by atoms with E-state index in [1.807, 2.05) is 11.6 Å². The molecule has 1 aromatic rings. The van der Waals surface area contributed by atoms with Gasteiger partial charge >= 0.3 is 0 Å². The summed E-state index contributed by atoms with van der Waals surface area (Å²) in [5.41, 5.74) is 7.54. The number of aromatic nitrogens is 2. The van der Waals surface area contributed by atoms with Crippen LogP contribution in [0, 0.1) is 0 Å². The van der Waals surface area contributed by atoms with Crippen molar-refractivity contribution >= 4 is 0 Å². The van der Waals surface area contributed by atoms with Gasteiger partial charge in [-0.2, -0.15) is 0 Å². The first kappa shape index (κ1) is 8.52. The molecule has 0 radical (unpaired) electrons. The maximum absolute atomic E-state index is 11.5. The van der Waals surface area contributed by atoms with Crippen molar-refractivity contribution in [3.8, 4) is 0 Å². The van der Waals surface area contributed by atoms with Gasteiger partial charge in [-0.05, 0) is 6.92 Å². The third-order valence-electron chi connectivity index (χ3n) is 2.46. The number of H-pyrrole nitrogens is 1. The molecule has 5 heteroatoms. The molecule has 0 aliphatic carbocycles. The lowest BCUT2D eigenvalue weighted by Gasteiger charge is -2.19. The van der Waals surface area contributed by atoms with Crippen LogP contribution in [0.25, 0.3) is 0 Å². The van der Waals surface area contributed by atoms with Crippen molar-refractivity contribution in [2.24, 2.45) is 5.73 Å². The van der Waals surface area contributed by atoms with E-state index in [2.05, 4.69) is 10.4 Å². The summed E-state index contributed by atoms with van der Waals surface area (Å²) in [5, 5.41) is 5.95. The Hall–Kier alpha value is -1.07. The molecule has 0 fully saturated rings. The topological polar surface area (TPSA) is 75.8 Å². The Bertz CT molecular complexity index is 365. The summed E-state index contributed by atoms with van der Waals surface area (Å²) >= 11 is 0. The highest BCUT2D eigenvalue weighted by Gasteiger charge is 2.23. The van der Waals surface area contributed by atoms with Gasteiger partial charge < -0.3 is 11.1 Å². The van der Waals surface area contributed by atoms with Crippen LogP contribution in [0.2, 0.25) is 0 Å². The minimum absolute atomic E-state index is 0.0362. The van der Waals surface area contributed by atoms with Gasteiger partial charge in [0.25, 0.3) is 5.56 Å². The molecular formula is C8H14N4O. The van der Waals surface area contributed by atoms with Crippen LogP contribution in [0.15, 0.2) is 4.79 Å². The predicted molar refractivity (Wildman–Crippen MR) is 49.4 cm³/mol. The Morgan fingerprint density at radius 1 is 1.69 bits per heavy atom. The second-order valence-electron chi connectivity index (χ2n) is 3.28. The van der Waals surface area contributed by atoms with Gasteiger partial charge in [-0.1, -0.05) is 0 Å². The molecule has 0 saturated carbocycles. The van der Waals surface area contributed by atoms with E-state index >= 15 is 0 Å². The lowest BCUT2D eigenvalue weighted by Crippen LogP contribution is -2.35. The monoisotopic (exact) mass is 182 g/mol. The number of nitrogens with zero attached hydrogens (tertiary/aromatic N) is 1. The molecule has 2 rings (SSSR count). The van der Waals surface area contributed by atoms with Crippen LogP contribution in [0.1, 0.15) is 24.2 Å². The van der Waals surface area contributed by atoms with Gasteiger partial charge in [0.1, 0.15) is 0 Å². The molecule has 1 aliphatic heterocycles. The standard InChI is InChI=1S/C8H14N4O/c1-2-12-6-4-10-3-5(9)7(6)8(13)11-12/h5,10H,2-4,9H2,1H3,(H,11,13). The van der Waals surface area contributed by atoms with Crippen LogP contribution in [0.5, 0.6) is 0 Å². The third kappa shape index (κ3) is 1.20. The zero-order valence-electron chi connectivity index (χ0n) is 7.63. The normalized spacial score (nSPS) is 21.5. The van der Waals surface area contributed by atoms with Crippen molar-refractivity contribution in [2.45, 2.75) is 26.1 Å². The van der Waals surface area contributed by atoms with E-state index in [-0.39, 0.29) is 11.6 Å². The summed E-state index contributed by atoms with van der Waals surface area (Å²) in [5.74, 6) is 0. The van der Waals surface area contributed by atoms with Gasteiger partial charge in [0, 0.05) is 25.7 Å². The summed E-state index contributed by atoms with van der Waals surface area (Å²) in [6.45, 7) is 4.19. The predicted octanol–water partition coefficient (Wildman–Crippen LogP) is -0.701. The van der Waals surface area contributed by atoms with Gasteiger partial charge in [0.05, 0.1) is 11.3 Å². The van der Waals surface area contributed by atoms with E-state index < -0.39 is 0 Å². The van der Waals surface area contributed by atoms with Gasteiger partial charge in [0.2, 0.25) is 0 Å². The molecule has 13 heavy (non-hydrogen) atoms. The number of aromatic amines is 1. The molecule has 1 atom stereocenters. The van der Waals surface area contributed by atoms with E-state index in [1.165, 1.54) is 0 Å². The summed E-state index contributed by atoms with van der Waals surface area (Å²) < 4.78 is 1.85. The average molecular weight is 182 g/mol. The number of hydrogen-bond acceptors (Lipinski definition) is 3. The number of nitrogens with one attached hydrogen (secondary N) is 2. The van der Waals surface area contributed by atoms with Crippen LogP contribution in [-0.2, 0) is 13.1 Å². The quantitative estimate of drug-likeness (QED) is 0.537. The molecule has 0 amide bonds. The van der Waals surface area contributed by atoms with Crippen molar-refractivity contribution in [3.63, 3.8) is 0 Å². The van der Waals surface area contributed by atoms with E-state index in [9.17, 15) is 4.79 Å². The maximum Gasteiger partial charge on any atom is 0.269 e. The van der Waals surface area contributed by atoms with Crippen LogP contribution >= 0.6 is 0 Å². The molecular weight excluding hydrogens is 168 g/mol. The maximum atomic E-state index is 11.5. The van der Waals surface area contributed by atoms with Gasteiger partial charge in [-0.15, -0.1) is 0 Å². The highest BCUT2D eigenvalue weighted by Crippen LogP contribution is 2.15. The molecule has 1 aliphatic rings. The average Bonchev–Trinajstić information content (AvgIpc) is 2.44. The fraction of sp³-hybridized carbons (Fsp3) is 0.625. The largest absolute Gasteiger partial charge is 0.323 e. The number of aryl methyl sites for hydroxylation is 1. The smallest absolute Gasteiger partial charge is 0.269 e. The van der Waals surface area contributed by atoms with E-state index in [4.69, 9.17) is 5.73 Å². The highest BCUT2D eigenvalue weighted by atomic mass is 16.1. The van der Waals surface area contributed by atoms with Crippen molar-refractivity contribution in [2.75, 3.05) is 6.54 Å². The molecule has 5 nitrogen and oxygen atoms in total. The lowest BCUT2D eigenvalue weighted by atomic mass is 10.1. The van der Waals surface area contributed by atoms with Gasteiger partial charge in [0.15, 0.2) is 0 Å². The summed E-state index contributed by atoms with van der Waals surface area (Å²) in [6.07, 6.45) is 0. The zero-order chi connectivity index (χ0) is 9.42. The Kier molecular flexibility index (Phi) is 1.97. The first-order valence-corrected chi connectivity index (χ1v) is 4.52. The molecule has 0 saturated heterocycles. The number of rotatable bonds is 1. The van der Waals surface area contributed by atoms with E-state index in [0.29, 0.717) is 6.54 Å². The SMILES string of the molecule is CCn1[nH]c(=O)c2c1CNCC2N. The van der Waals surface area contributed by atoms with Crippen molar-refractivity contribution in [1.82, 2.24) is 15.1 Å².